The van der Waals surface area contributed by atoms with Gasteiger partial charge in [-0.1, -0.05) is 6.07 Å². The molecule has 0 aromatic carbocycles. The molecule has 0 spiro atoms. The van der Waals surface area contributed by atoms with Crippen LogP contribution in [0.4, 0.5) is 0 Å². The molecule has 0 atom stereocenters. The molecule has 0 bridgehead atoms. The van der Waals surface area contributed by atoms with Crippen molar-refractivity contribution in [3.8, 4) is 0 Å². The lowest BCUT2D eigenvalue weighted by molar-refractivity contribution is -0.682. The second-order valence-electron chi connectivity index (χ2n) is 3.15. The van der Waals surface area contributed by atoms with Crippen molar-refractivity contribution in [3.05, 3.63) is 22.4 Å². The second kappa shape index (κ2) is 7.82. The van der Waals surface area contributed by atoms with E-state index in [-0.39, 0.29) is 6.29 Å². The number of thiophene rings is 1. The Morgan fingerprint density at radius 3 is 2.60 bits per heavy atom. The van der Waals surface area contributed by atoms with E-state index in [9.17, 15) is 0 Å². The average molecular weight is 230 g/mol. The molecule has 0 aliphatic rings. The van der Waals surface area contributed by atoms with E-state index in [2.05, 4.69) is 22.8 Å². The van der Waals surface area contributed by atoms with Crippen molar-refractivity contribution in [2.45, 2.75) is 26.7 Å². The number of rotatable bonds is 8. The van der Waals surface area contributed by atoms with Gasteiger partial charge in [0.1, 0.15) is 13.1 Å². The van der Waals surface area contributed by atoms with Gasteiger partial charge in [-0.15, -0.1) is 11.3 Å². The van der Waals surface area contributed by atoms with Crippen molar-refractivity contribution in [2.24, 2.45) is 0 Å². The molecule has 0 aliphatic carbocycles. The fourth-order valence-corrected chi connectivity index (χ4v) is 2.05. The summed E-state index contributed by atoms with van der Waals surface area (Å²) in [5.41, 5.74) is 0. The molecule has 0 saturated carbocycles. The number of ether oxygens (including phenoxy) is 2. The lowest BCUT2D eigenvalue weighted by Crippen LogP contribution is -2.85. The molecule has 1 rings (SSSR count). The quantitative estimate of drug-likeness (QED) is 0.681. The van der Waals surface area contributed by atoms with E-state index >= 15 is 0 Å². The van der Waals surface area contributed by atoms with Gasteiger partial charge in [-0.05, 0) is 25.3 Å². The Morgan fingerprint density at radius 1 is 1.33 bits per heavy atom. The Balaban J connectivity index is 2.15. The van der Waals surface area contributed by atoms with Crippen molar-refractivity contribution in [3.63, 3.8) is 0 Å². The van der Waals surface area contributed by atoms with Crippen molar-refractivity contribution < 1.29 is 14.8 Å². The first kappa shape index (κ1) is 12.6. The van der Waals surface area contributed by atoms with E-state index < -0.39 is 0 Å². The molecule has 1 aromatic heterocycles. The van der Waals surface area contributed by atoms with Crippen LogP contribution in [0, 0.1) is 0 Å². The van der Waals surface area contributed by atoms with Gasteiger partial charge >= 0.3 is 0 Å². The fourth-order valence-electron chi connectivity index (χ4n) is 1.35. The van der Waals surface area contributed by atoms with Crippen LogP contribution in [-0.4, -0.2) is 26.0 Å². The van der Waals surface area contributed by atoms with Crippen LogP contribution in [0.2, 0.25) is 0 Å². The molecule has 3 nitrogen and oxygen atoms in total. The van der Waals surface area contributed by atoms with Crippen molar-refractivity contribution in [2.75, 3.05) is 19.8 Å². The maximum absolute atomic E-state index is 5.45. The third kappa shape index (κ3) is 5.28. The zero-order valence-electron chi connectivity index (χ0n) is 9.44. The molecule has 0 amide bonds. The van der Waals surface area contributed by atoms with Gasteiger partial charge in [0.15, 0.2) is 0 Å². The third-order valence-electron chi connectivity index (χ3n) is 1.99. The summed E-state index contributed by atoms with van der Waals surface area (Å²) < 4.78 is 10.9. The topological polar surface area (TPSA) is 35.1 Å². The number of hydrogen-bond acceptors (Lipinski definition) is 3. The van der Waals surface area contributed by atoms with E-state index in [0.717, 1.165) is 13.1 Å². The van der Waals surface area contributed by atoms with Crippen LogP contribution in [0.3, 0.4) is 0 Å². The van der Waals surface area contributed by atoms with Gasteiger partial charge in [0.2, 0.25) is 6.29 Å². The Morgan fingerprint density at radius 2 is 2.07 bits per heavy atom. The van der Waals surface area contributed by atoms with Crippen molar-refractivity contribution in [1.29, 1.82) is 0 Å². The Kier molecular flexibility index (Phi) is 6.59. The lowest BCUT2D eigenvalue weighted by Gasteiger charge is -2.14. The Bertz CT molecular complexity index is 233. The van der Waals surface area contributed by atoms with Crippen LogP contribution in [-0.2, 0) is 16.0 Å². The maximum atomic E-state index is 5.45. The highest BCUT2D eigenvalue weighted by Crippen LogP contribution is 2.05. The Labute approximate surface area is 95.4 Å². The highest BCUT2D eigenvalue weighted by Gasteiger charge is 2.09. The monoisotopic (exact) mass is 230 g/mol. The van der Waals surface area contributed by atoms with Gasteiger partial charge in [-0.2, -0.15) is 0 Å². The normalized spacial score (nSPS) is 11.1. The molecule has 0 aliphatic heterocycles. The molecule has 0 saturated heterocycles. The van der Waals surface area contributed by atoms with Gasteiger partial charge in [-0.25, -0.2) is 0 Å². The van der Waals surface area contributed by atoms with Crippen LogP contribution >= 0.6 is 11.3 Å². The molecule has 1 heterocycles. The van der Waals surface area contributed by atoms with E-state index in [1.165, 1.54) is 4.88 Å². The molecule has 15 heavy (non-hydrogen) atoms. The maximum Gasteiger partial charge on any atom is 0.207 e. The molecule has 2 N–H and O–H groups in total. The van der Waals surface area contributed by atoms with Crippen LogP contribution in [0.15, 0.2) is 17.5 Å². The lowest BCUT2D eigenvalue weighted by atomic mass is 10.4. The number of quaternary nitrogens is 1. The summed E-state index contributed by atoms with van der Waals surface area (Å²) in [5, 5.41) is 4.33. The first-order valence-electron chi connectivity index (χ1n) is 5.44. The van der Waals surface area contributed by atoms with E-state index in [0.29, 0.717) is 13.2 Å². The summed E-state index contributed by atoms with van der Waals surface area (Å²) in [7, 11) is 0. The van der Waals surface area contributed by atoms with Gasteiger partial charge in [0.25, 0.3) is 0 Å². The van der Waals surface area contributed by atoms with E-state index in [1.54, 1.807) is 11.3 Å². The minimum atomic E-state index is -0.0695. The first-order chi connectivity index (χ1) is 7.36. The zero-order valence-corrected chi connectivity index (χ0v) is 10.3. The fraction of sp³-hybridized carbons (Fsp3) is 0.636. The van der Waals surface area contributed by atoms with E-state index in [4.69, 9.17) is 9.47 Å². The van der Waals surface area contributed by atoms with Gasteiger partial charge in [-0.3, -0.25) is 0 Å². The third-order valence-corrected chi connectivity index (χ3v) is 2.89. The van der Waals surface area contributed by atoms with Gasteiger partial charge < -0.3 is 14.8 Å². The summed E-state index contributed by atoms with van der Waals surface area (Å²) in [6.07, 6.45) is -0.0695. The number of hydrogen-bond donors (Lipinski definition) is 1. The summed E-state index contributed by atoms with van der Waals surface area (Å²) >= 11 is 1.79. The summed E-state index contributed by atoms with van der Waals surface area (Å²) in [5.74, 6) is 0. The van der Waals surface area contributed by atoms with Crippen molar-refractivity contribution >= 4 is 11.3 Å². The average Bonchev–Trinajstić information content (AvgIpc) is 2.71. The summed E-state index contributed by atoms with van der Waals surface area (Å²) in [6, 6.07) is 4.23. The minimum Gasteiger partial charge on any atom is -0.348 e. The van der Waals surface area contributed by atoms with Crippen LogP contribution < -0.4 is 5.32 Å². The van der Waals surface area contributed by atoms with Crippen LogP contribution in [0.5, 0.6) is 0 Å². The zero-order chi connectivity index (χ0) is 10.9. The van der Waals surface area contributed by atoms with Gasteiger partial charge in [0, 0.05) is 13.2 Å². The predicted molar refractivity (Wildman–Crippen MR) is 61.9 cm³/mol. The molecule has 86 valence electrons. The molecular weight excluding hydrogens is 210 g/mol. The SMILES string of the molecule is CCOC(C[NH2+]Cc1cccs1)OCC. The molecule has 0 radical (unpaired) electrons. The largest absolute Gasteiger partial charge is 0.348 e. The van der Waals surface area contributed by atoms with E-state index in [1.807, 2.05) is 13.8 Å². The summed E-state index contributed by atoms with van der Waals surface area (Å²) in [6.45, 7) is 7.26. The predicted octanol–water partition coefficient (Wildman–Crippen LogP) is 1.21. The van der Waals surface area contributed by atoms with Gasteiger partial charge in [0.05, 0.1) is 4.88 Å². The van der Waals surface area contributed by atoms with Crippen LogP contribution in [0.1, 0.15) is 18.7 Å². The number of nitrogens with two attached hydrogens (primary N) is 1. The summed E-state index contributed by atoms with van der Waals surface area (Å²) in [4.78, 5) is 1.39. The smallest absolute Gasteiger partial charge is 0.207 e. The molecule has 4 heteroatoms. The van der Waals surface area contributed by atoms with Crippen LogP contribution in [0.25, 0.3) is 0 Å². The first-order valence-corrected chi connectivity index (χ1v) is 6.32. The second-order valence-corrected chi connectivity index (χ2v) is 4.18. The molecule has 0 unspecified atom stereocenters. The molecule has 0 fully saturated rings. The highest BCUT2D eigenvalue weighted by molar-refractivity contribution is 7.09. The minimum absolute atomic E-state index is 0.0695. The van der Waals surface area contributed by atoms with Crippen molar-refractivity contribution in [1.82, 2.24) is 0 Å². The Hall–Kier alpha value is -0.420. The molecular formula is C11H20NO2S+. The highest BCUT2D eigenvalue weighted by atomic mass is 32.1. The standard InChI is InChI=1S/C11H19NO2S/c1-3-13-11(14-4-2)9-12-8-10-6-5-7-15-10/h5-7,11-12H,3-4,8-9H2,1-2H3/p+1. The molecule has 1 aromatic rings.